The summed E-state index contributed by atoms with van der Waals surface area (Å²) in [7, 11) is 0. The first-order chi connectivity index (χ1) is 12.7. The fraction of sp³-hybridized carbons (Fsp3) is 0.286. The van der Waals surface area contributed by atoms with Crippen LogP contribution in [0.1, 0.15) is 24.1 Å². The quantitative estimate of drug-likeness (QED) is 0.606. The third-order valence-corrected chi connectivity index (χ3v) is 5.16. The van der Waals surface area contributed by atoms with E-state index in [1.807, 2.05) is 12.1 Å². The lowest BCUT2D eigenvalue weighted by Crippen LogP contribution is -2.29. The number of hydrogen-bond acceptors (Lipinski definition) is 3. The molecule has 1 aliphatic rings. The lowest BCUT2D eigenvalue weighted by Gasteiger charge is -2.26. The van der Waals surface area contributed by atoms with Gasteiger partial charge in [-0.2, -0.15) is 0 Å². The molecular weight excluding hydrogens is 351 g/mol. The molecule has 3 aromatic rings. The second kappa shape index (κ2) is 7.60. The van der Waals surface area contributed by atoms with Crippen molar-refractivity contribution in [3.05, 3.63) is 70.6 Å². The van der Waals surface area contributed by atoms with Gasteiger partial charge in [-0.15, -0.1) is 0 Å². The molecule has 1 aliphatic heterocycles. The zero-order valence-corrected chi connectivity index (χ0v) is 15.2. The molecule has 26 heavy (non-hydrogen) atoms. The van der Waals surface area contributed by atoms with E-state index in [0.717, 1.165) is 55.0 Å². The maximum absolute atomic E-state index is 13.2. The SMILES string of the molecule is Fc1ccc2c(CCCN3CC=C(c4ccc(Cl)cc4)CC3)noc2c1. The highest BCUT2D eigenvalue weighted by atomic mass is 35.5. The summed E-state index contributed by atoms with van der Waals surface area (Å²) in [5.41, 5.74) is 4.08. The number of hydrogen-bond donors (Lipinski definition) is 0. The third kappa shape index (κ3) is 3.81. The van der Waals surface area contributed by atoms with Gasteiger partial charge in [0.25, 0.3) is 0 Å². The topological polar surface area (TPSA) is 29.3 Å². The summed E-state index contributed by atoms with van der Waals surface area (Å²) in [6.45, 7) is 3.03. The molecule has 0 atom stereocenters. The zero-order chi connectivity index (χ0) is 17.9. The molecular formula is C21H20ClFN2O. The number of rotatable bonds is 5. The van der Waals surface area contributed by atoms with E-state index in [1.165, 1.54) is 23.3 Å². The summed E-state index contributed by atoms with van der Waals surface area (Å²) in [4.78, 5) is 2.45. The van der Waals surface area contributed by atoms with E-state index in [0.29, 0.717) is 5.58 Å². The van der Waals surface area contributed by atoms with Gasteiger partial charge in [-0.25, -0.2) is 4.39 Å². The van der Waals surface area contributed by atoms with Crippen molar-refractivity contribution in [3.8, 4) is 0 Å². The lowest BCUT2D eigenvalue weighted by atomic mass is 9.99. The molecule has 0 unspecified atom stereocenters. The van der Waals surface area contributed by atoms with E-state index < -0.39 is 0 Å². The van der Waals surface area contributed by atoms with Crippen LogP contribution in [0.5, 0.6) is 0 Å². The van der Waals surface area contributed by atoms with Crippen molar-refractivity contribution in [2.24, 2.45) is 0 Å². The molecule has 0 saturated carbocycles. The highest BCUT2D eigenvalue weighted by Crippen LogP contribution is 2.24. The van der Waals surface area contributed by atoms with Crippen molar-refractivity contribution in [2.75, 3.05) is 19.6 Å². The predicted molar refractivity (Wildman–Crippen MR) is 103 cm³/mol. The molecule has 1 aromatic heterocycles. The van der Waals surface area contributed by atoms with Crippen LogP contribution in [0, 0.1) is 5.82 Å². The van der Waals surface area contributed by atoms with Crippen LogP contribution in [0.2, 0.25) is 5.02 Å². The van der Waals surface area contributed by atoms with Crippen molar-refractivity contribution in [3.63, 3.8) is 0 Å². The average Bonchev–Trinajstić information content (AvgIpc) is 3.05. The minimum Gasteiger partial charge on any atom is -0.356 e. The van der Waals surface area contributed by atoms with Crippen molar-refractivity contribution in [1.82, 2.24) is 10.1 Å². The van der Waals surface area contributed by atoms with Gasteiger partial charge in [0.05, 0.1) is 5.69 Å². The van der Waals surface area contributed by atoms with Gasteiger partial charge in [0, 0.05) is 29.6 Å². The maximum atomic E-state index is 13.2. The highest BCUT2D eigenvalue weighted by Gasteiger charge is 2.14. The van der Waals surface area contributed by atoms with E-state index in [1.54, 1.807) is 6.07 Å². The molecule has 2 heterocycles. The number of aryl methyl sites for hydroxylation is 1. The van der Waals surface area contributed by atoms with Gasteiger partial charge in [0.1, 0.15) is 5.82 Å². The fourth-order valence-corrected chi connectivity index (χ4v) is 3.58. The van der Waals surface area contributed by atoms with Crippen LogP contribution in [0.4, 0.5) is 4.39 Å². The molecule has 0 bridgehead atoms. The molecule has 2 aromatic carbocycles. The summed E-state index contributed by atoms with van der Waals surface area (Å²) in [6, 6.07) is 12.6. The Balaban J connectivity index is 1.31. The largest absolute Gasteiger partial charge is 0.356 e. The Kier molecular flexibility index (Phi) is 5.05. The van der Waals surface area contributed by atoms with Crippen LogP contribution in [-0.2, 0) is 6.42 Å². The number of benzene rings is 2. The van der Waals surface area contributed by atoms with E-state index in [2.05, 4.69) is 28.3 Å². The predicted octanol–water partition coefficient (Wildman–Crippen LogP) is 5.34. The Bertz CT molecular complexity index is 933. The van der Waals surface area contributed by atoms with Crippen LogP contribution in [0.25, 0.3) is 16.5 Å². The van der Waals surface area contributed by atoms with Crippen molar-refractivity contribution in [2.45, 2.75) is 19.3 Å². The van der Waals surface area contributed by atoms with Crippen molar-refractivity contribution in [1.29, 1.82) is 0 Å². The van der Waals surface area contributed by atoms with Gasteiger partial charge in [-0.3, -0.25) is 4.90 Å². The van der Waals surface area contributed by atoms with Crippen LogP contribution in [-0.4, -0.2) is 29.7 Å². The Hall–Kier alpha value is -2.17. The first kappa shape index (κ1) is 17.3. The Morgan fingerprint density at radius 3 is 2.77 bits per heavy atom. The van der Waals surface area contributed by atoms with Gasteiger partial charge < -0.3 is 4.52 Å². The van der Waals surface area contributed by atoms with Crippen molar-refractivity contribution >= 4 is 28.1 Å². The number of aromatic nitrogens is 1. The summed E-state index contributed by atoms with van der Waals surface area (Å²) >= 11 is 5.96. The van der Waals surface area contributed by atoms with Crippen LogP contribution < -0.4 is 0 Å². The first-order valence-corrected chi connectivity index (χ1v) is 9.28. The lowest BCUT2D eigenvalue weighted by molar-refractivity contribution is 0.297. The summed E-state index contributed by atoms with van der Waals surface area (Å²) in [5, 5.41) is 5.78. The van der Waals surface area contributed by atoms with Crippen LogP contribution in [0.3, 0.4) is 0 Å². The number of halogens is 2. The molecule has 4 rings (SSSR count). The second-order valence-corrected chi connectivity index (χ2v) is 7.10. The van der Waals surface area contributed by atoms with Crippen LogP contribution >= 0.6 is 11.6 Å². The minimum atomic E-state index is -0.295. The van der Waals surface area contributed by atoms with Gasteiger partial charge in [-0.05, 0) is 61.2 Å². The summed E-state index contributed by atoms with van der Waals surface area (Å²) in [6.07, 6.45) is 5.20. The molecule has 5 heteroatoms. The van der Waals surface area contributed by atoms with E-state index in [-0.39, 0.29) is 5.82 Å². The van der Waals surface area contributed by atoms with Gasteiger partial charge in [0.2, 0.25) is 0 Å². The molecule has 0 fully saturated rings. The van der Waals surface area contributed by atoms with E-state index >= 15 is 0 Å². The Morgan fingerprint density at radius 2 is 2.00 bits per heavy atom. The fourth-order valence-electron chi connectivity index (χ4n) is 3.45. The molecule has 0 saturated heterocycles. The average molecular weight is 371 g/mol. The molecule has 0 N–H and O–H groups in total. The normalized spacial score (nSPS) is 15.4. The van der Waals surface area contributed by atoms with Crippen molar-refractivity contribution < 1.29 is 8.91 Å². The second-order valence-electron chi connectivity index (χ2n) is 6.66. The molecule has 0 amide bonds. The van der Waals surface area contributed by atoms with Gasteiger partial charge in [0.15, 0.2) is 5.58 Å². The van der Waals surface area contributed by atoms with Crippen LogP contribution in [0.15, 0.2) is 53.1 Å². The molecule has 0 aliphatic carbocycles. The third-order valence-electron chi connectivity index (χ3n) is 4.90. The first-order valence-electron chi connectivity index (χ1n) is 8.90. The Labute approximate surface area is 157 Å². The zero-order valence-electron chi connectivity index (χ0n) is 14.4. The van der Waals surface area contributed by atoms with E-state index in [9.17, 15) is 4.39 Å². The summed E-state index contributed by atoms with van der Waals surface area (Å²) in [5.74, 6) is -0.295. The number of nitrogens with zero attached hydrogens (tertiary/aromatic N) is 2. The minimum absolute atomic E-state index is 0.295. The monoisotopic (exact) mass is 370 g/mol. The van der Waals surface area contributed by atoms with Gasteiger partial charge in [-0.1, -0.05) is 35.0 Å². The Morgan fingerprint density at radius 1 is 1.15 bits per heavy atom. The highest BCUT2D eigenvalue weighted by molar-refractivity contribution is 6.30. The smallest absolute Gasteiger partial charge is 0.170 e. The molecule has 3 nitrogen and oxygen atoms in total. The van der Waals surface area contributed by atoms with E-state index in [4.69, 9.17) is 16.1 Å². The molecule has 0 radical (unpaired) electrons. The summed E-state index contributed by atoms with van der Waals surface area (Å²) < 4.78 is 18.4. The maximum Gasteiger partial charge on any atom is 0.170 e. The molecule has 0 spiro atoms. The van der Waals surface area contributed by atoms with Gasteiger partial charge >= 0.3 is 0 Å². The number of fused-ring (bicyclic) bond motifs is 1. The standard InChI is InChI=1S/C21H20ClFN2O/c22-17-5-3-15(4-6-17)16-9-12-25(13-10-16)11-1-2-20-19-8-7-18(23)14-21(19)26-24-20/h3-9,14H,1-2,10-13H2. The molecule has 134 valence electrons.